The maximum Gasteiger partial charge on any atom is 0.303 e. The topological polar surface area (TPSA) is 75.6 Å². The Labute approximate surface area is 125 Å². The van der Waals surface area contributed by atoms with Crippen molar-refractivity contribution in [3.05, 3.63) is 29.8 Å². The Hall–Kier alpha value is -2.04. The summed E-state index contributed by atoms with van der Waals surface area (Å²) in [6.07, 6.45) is 1.71. The van der Waals surface area contributed by atoms with E-state index in [-0.39, 0.29) is 24.9 Å². The summed E-state index contributed by atoms with van der Waals surface area (Å²) < 4.78 is 5.67. The molecule has 1 aromatic rings. The van der Waals surface area contributed by atoms with Crippen molar-refractivity contribution in [3.63, 3.8) is 0 Å². The SMILES string of the molecule is CC(C)Oc1ccccc1CC(=O)NCCCCC(=O)O. The zero-order valence-electron chi connectivity index (χ0n) is 12.6. The van der Waals surface area contributed by atoms with Gasteiger partial charge in [0.1, 0.15) is 5.75 Å². The molecule has 116 valence electrons. The summed E-state index contributed by atoms with van der Waals surface area (Å²) in [6.45, 7) is 4.39. The number of unbranched alkanes of at least 4 members (excludes halogenated alkanes) is 1. The van der Waals surface area contributed by atoms with E-state index < -0.39 is 5.97 Å². The van der Waals surface area contributed by atoms with Gasteiger partial charge in [-0.25, -0.2) is 0 Å². The summed E-state index contributed by atoms with van der Waals surface area (Å²) in [7, 11) is 0. The van der Waals surface area contributed by atoms with Gasteiger partial charge < -0.3 is 15.2 Å². The fourth-order valence-corrected chi connectivity index (χ4v) is 1.88. The van der Waals surface area contributed by atoms with Gasteiger partial charge in [-0.1, -0.05) is 18.2 Å². The smallest absolute Gasteiger partial charge is 0.303 e. The van der Waals surface area contributed by atoms with Crippen molar-refractivity contribution in [2.24, 2.45) is 0 Å². The van der Waals surface area contributed by atoms with Crippen LogP contribution in [0.15, 0.2) is 24.3 Å². The second-order valence-electron chi connectivity index (χ2n) is 5.15. The van der Waals surface area contributed by atoms with Crippen molar-refractivity contribution in [1.82, 2.24) is 5.32 Å². The molecule has 1 aromatic carbocycles. The third kappa shape index (κ3) is 7.34. The fraction of sp³-hybridized carbons (Fsp3) is 0.500. The Bertz CT molecular complexity index is 471. The van der Waals surface area contributed by atoms with E-state index >= 15 is 0 Å². The van der Waals surface area contributed by atoms with Gasteiger partial charge in [-0.05, 0) is 32.8 Å². The quantitative estimate of drug-likeness (QED) is 0.685. The van der Waals surface area contributed by atoms with E-state index in [9.17, 15) is 9.59 Å². The van der Waals surface area contributed by atoms with Crippen molar-refractivity contribution < 1.29 is 19.4 Å². The highest BCUT2D eigenvalue weighted by molar-refractivity contribution is 5.79. The zero-order valence-corrected chi connectivity index (χ0v) is 12.6. The highest BCUT2D eigenvalue weighted by atomic mass is 16.5. The van der Waals surface area contributed by atoms with Crippen LogP contribution < -0.4 is 10.1 Å². The molecule has 0 heterocycles. The van der Waals surface area contributed by atoms with Crippen molar-refractivity contribution >= 4 is 11.9 Å². The molecule has 0 unspecified atom stereocenters. The van der Waals surface area contributed by atoms with E-state index in [2.05, 4.69) is 5.32 Å². The monoisotopic (exact) mass is 293 g/mol. The van der Waals surface area contributed by atoms with Gasteiger partial charge in [0, 0.05) is 18.5 Å². The predicted octanol–water partition coefficient (Wildman–Crippen LogP) is 2.39. The number of benzene rings is 1. The zero-order chi connectivity index (χ0) is 15.7. The van der Waals surface area contributed by atoms with Crippen LogP contribution in [0.5, 0.6) is 5.75 Å². The number of ether oxygens (including phenoxy) is 1. The van der Waals surface area contributed by atoms with Gasteiger partial charge in [0.2, 0.25) is 5.91 Å². The Kier molecular flexibility index (Phi) is 7.29. The van der Waals surface area contributed by atoms with E-state index in [0.717, 1.165) is 11.3 Å². The molecular weight excluding hydrogens is 270 g/mol. The van der Waals surface area contributed by atoms with Gasteiger partial charge in [0.25, 0.3) is 0 Å². The largest absolute Gasteiger partial charge is 0.491 e. The lowest BCUT2D eigenvalue weighted by Crippen LogP contribution is -2.26. The number of hydrogen-bond donors (Lipinski definition) is 2. The molecule has 0 aliphatic rings. The first kappa shape index (κ1) is 17.0. The van der Waals surface area contributed by atoms with Crippen molar-refractivity contribution in [1.29, 1.82) is 0 Å². The third-order valence-electron chi connectivity index (χ3n) is 2.83. The first-order chi connectivity index (χ1) is 9.99. The number of carboxylic acid groups (broad SMARTS) is 1. The van der Waals surface area contributed by atoms with Crippen LogP contribution in [0.4, 0.5) is 0 Å². The average molecular weight is 293 g/mol. The molecule has 1 rings (SSSR count). The number of carboxylic acids is 1. The summed E-state index contributed by atoms with van der Waals surface area (Å²) in [5, 5.41) is 11.3. The van der Waals surface area contributed by atoms with Crippen LogP contribution >= 0.6 is 0 Å². The number of rotatable bonds is 9. The molecule has 0 fully saturated rings. The maximum absolute atomic E-state index is 11.9. The van der Waals surface area contributed by atoms with E-state index in [4.69, 9.17) is 9.84 Å². The Balaban J connectivity index is 2.39. The molecule has 5 heteroatoms. The Morgan fingerprint density at radius 1 is 1.24 bits per heavy atom. The fourth-order valence-electron chi connectivity index (χ4n) is 1.88. The van der Waals surface area contributed by atoms with E-state index in [1.54, 1.807) is 0 Å². The van der Waals surface area contributed by atoms with Crippen LogP contribution in [0.2, 0.25) is 0 Å². The number of nitrogens with one attached hydrogen (secondary N) is 1. The number of carbonyl (C=O) groups is 2. The van der Waals surface area contributed by atoms with Crippen LogP contribution in [-0.4, -0.2) is 29.6 Å². The average Bonchev–Trinajstić information content (AvgIpc) is 2.39. The Morgan fingerprint density at radius 2 is 1.95 bits per heavy atom. The number of carbonyl (C=O) groups excluding carboxylic acids is 1. The molecule has 0 atom stereocenters. The summed E-state index contributed by atoms with van der Waals surface area (Å²) in [6, 6.07) is 7.49. The summed E-state index contributed by atoms with van der Waals surface area (Å²) in [5.41, 5.74) is 0.856. The Morgan fingerprint density at radius 3 is 2.62 bits per heavy atom. The lowest BCUT2D eigenvalue weighted by Gasteiger charge is -2.14. The molecular formula is C16H23NO4. The molecule has 0 saturated heterocycles. The second-order valence-corrected chi connectivity index (χ2v) is 5.15. The molecule has 0 aliphatic carbocycles. The van der Waals surface area contributed by atoms with Gasteiger partial charge in [0.05, 0.1) is 12.5 Å². The highest BCUT2D eigenvalue weighted by Gasteiger charge is 2.09. The van der Waals surface area contributed by atoms with Crippen LogP contribution in [0.1, 0.15) is 38.7 Å². The van der Waals surface area contributed by atoms with Crippen LogP contribution in [-0.2, 0) is 16.0 Å². The van der Waals surface area contributed by atoms with Gasteiger partial charge in [-0.2, -0.15) is 0 Å². The van der Waals surface area contributed by atoms with Crippen LogP contribution in [0, 0.1) is 0 Å². The van der Waals surface area contributed by atoms with Gasteiger partial charge in [-0.15, -0.1) is 0 Å². The van der Waals surface area contributed by atoms with Gasteiger partial charge in [0.15, 0.2) is 0 Å². The number of para-hydroxylation sites is 1. The van der Waals surface area contributed by atoms with Crippen LogP contribution in [0.25, 0.3) is 0 Å². The maximum atomic E-state index is 11.9. The first-order valence-electron chi connectivity index (χ1n) is 7.22. The van der Waals surface area contributed by atoms with Crippen molar-refractivity contribution in [3.8, 4) is 5.75 Å². The summed E-state index contributed by atoms with van der Waals surface area (Å²) in [5.74, 6) is -0.153. The highest BCUT2D eigenvalue weighted by Crippen LogP contribution is 2.19. The molecule has 0 spiro atoms. The molecule has 0 saturated carbocycles. The van der Waals surface area contributed by atoms with E-state index in [1.807, 2.05) is 38.1 Å². The molecule has 21 heavy (non-hydrogen) atoms. The molecule has 0 aromatic heterocycles. The molecule has 1 amide bonds. The first-order valence-corrected chi connectivity index (χ1v) is 7.22. The molecule has 0 bridgehead atoms. The minimum absolute atomic E-state index is 0.0604. The number of hydrogen-bond acceptors (Lipinski definition) is 3. The number of aliphatic carboxylic acids is 1. The van der Waals surface area contributed by atoms with Crippen LogP contribution in [0.3, 0.4) is 0 Å². The normalized spacial score (nSPS) is 10.4. The van der Waals surface area contributed by atoms with Gasteiger partial charge in [-0.3, -0.25) is 9.59 Å². The minimum atomic E-state index is -0.805. The lowest BCUT2D eigenvalue weighted by atomic mass is 10.1. The second kappa shape index (κ2) is 9.00. The third-order valence-corrected chi connectivity index (χ3v) is 2.83. The predicted molar refractivity (Wildman–Crippen MR) is 80.4 cm³/mol. The number of amides is 1. The summed E-state index contributed by atoms with van der Waals surface area (Å²) >= 11 is 0. The molecule has 2 N–H and O–H groups in total. The van der Waals surface area contributed by atoms with E-state index in [0.29, 0.717) is 19.4 Å². The minimum Gasteiger partial charge on any atom is -0.491 e. The van der Waals surface area contributed by atoms with Crippen molar-refractivity contribution in [2.45, 2.75) is 45.6 Å². The molecule has 0 radical (unpaired) electrons. The van der Waals surface area contributed by atoms with E-state index in [1.165, 1.54) is 0 Å². The lowest BCUT2D eigenvalue weighted by molar-refractivity contribution is -0.137. The molecule has 5 nitrogen and oxygen atoms in total. The van der Waals surface area contributed by atoms with Gasteiger partial charge >= 0.3 is 5.97 Å². The summed E-state index contributed by atoms with van der Waals surface area (Å²) in [4.78, 5) is 22.2. The molecule has 0 aliphatic heterocycles. The standard InChI is InChI=1S/C16H23NO4/c1-12(2)21-14-8-4-3-7-13(14)11-15(18)17-10-6-5-9-16(19)20/h3-4,7-8,12H,5-6,9-11H2,1-2H3,(H,17,18)(H,19,20). The van der Waals surface area contributed by atoms with Crippen molar-refractivity contribution in [2.75, 3.05) is 6.54 Å².